The Balaban J connectivity index is 1.45. The van der Waals surface area contributed by atoms with E-state index < -0.39 is 0 Å². The van der Waals surface area contributed by atoms with E-state index in [0.717, 1.165) is 31.0 Å². The lowest BCUT2D eigenvalue weighted by molar-refractivity contribution is 0.305. The Morgan fingerprint density at radius 2 is 1.63 bits per heavy atom. The molecular weight excluding hydrogens is 334 g/mol. The highest BCUT2D eigenvalue weighted by molar-refractivity contribution is 5.30. The summed E-state index contributed by atoms with van der Waals surface area (Å²) in [6.45, 7) is 4.47. The highest BCUT2D eigenvalue weighted by atomic mass is 16.5. The van der Waals surface area contributed by atoms with Crippen molar-refractivity contribution < 1.29 is 9.47 Å². The zero-order valence-electron chi connectivity index (χ0n) is 16.1. The molecule has 3 aromatic rings. The first-order valence-electron chi connectivity index (χ1n) is 9.34. The van der Waals surface area contributed by atoms with E-state index in [1.807, 2.05) is 24.3 Å². The fourth-order valence-corrected chi connectivity index (χ4v) is 2.94. The molecule has 0 amide bonds. The van der Waals surface area contributed by atoms with E-state index in [1.165, 1.54) is 22.3 Å². The molecule has 0 fully saturated rings. The summed E-state index contributed by atoms with van der Waals surface area (Å²) in [4.78, 5) is 0. The highest BCUT2D eigenvalue weighted by Crippen LogP contribution is 2.17. The average molecular weight is 361 g/mol. The Hall–Kier alpha value is -2.78. The van der Waals surface area contributed by atoms with E-state index in [0.29, 0.717) is 6.61 Å². The molecule has 0 atom stereocenters. The predicted octanol–water partition coefficient (Wildman–Crippen LogP) is 4.91. The maximum absolute atomic E-state index is 5.97. The van der Waals surface area contributed by atoms with E-state index in [1.54, 1.807) is 7.11 Å². The molecule has 0 heterocycles. The molecular formula is C24H27NO2. The zero-order chi connectivity index (χ0) is 18.9. The van der Waals surface area contributed by atoms with Crippen LogP contribution in [-0.2, 0) is 19.6 Å². The molecule has 0 unspecified atom stereocenters. The summed E-state index contributed by atoms with van der Waals surface area (Å²) in [5.74, 6) is 1.81. The van der Waals surface area contributed by atoms with E-state index in [9.17, 15) is 0 Å². The van der Waals surface area contributed by atoms with Crippen LogP contribution in [0.2, 0.25) is 0 Å². The molecule has 3 nitrogen and oxygen atoms in total. The minimum atomic E-state index is 0.598. The summed E-state index contributed by atoms with van der Waals surface area (Å²) < 4.78 is 11.2. The zero-order valence-corrected chi connectivity index (χ0v) is 16.1. The summed E-state index contributed by atoms with van der Waals surface area (Å²) in [7, 11) is 1.69. The molecule has 3 aromatic carbocycles. The van der Waals surface area contributed by atoms with Gasteiger partial charge in [0.15, 0.2) is 0 Å². The minimum Gasteiger partial charge on any atom is -0.497 e. The molecule has 0 spiro atoms. The summed E-state index contributed by atoms with van der Waals surface area (Å²) in [5.41, 5.74) is 5.01. The van der Waals surface area contributed by atoms with Crippen LogP contribution in [0.15, 0.2) is 72.8 Å². The minimum absolute atomic E-state index is 0.598. The van der Waals surface area contributed by atoms with Gasteiger partial charge in [0, 0.05) is 6.54 Å². The SMILES string of the molecule is COc1ccc(CCNCc2cccc(OCc3ccccc3C)c2)cc1. The van der Waals surface area contributed by atoms with Gasteiger partial charge in [-0.3, -0.25) is 0 Å². The lowest BCUT2D eigenvalue weighted by Crippen LogP contribution is -2.16. The Labute approximate surface area is 162 Å². The van der Waals surface area contributed by atoms with Gasteiger partial charge in [0.25, 0.3) is 0 Å². The Morgan fingerprint density at radius 1 is 0.815 bits per heavy atom. The van der Waals surface area contributed by atoms with Crippen molar-refractivity contribution >= 4 is 0 Å². The lowest BCUT2D eigenvalue weighted by Gasteiger charge is -2.10. The van der Waals surface area contributed by atoms with E-state index in [-0.39, 0.29) is 0 Å². The fraction of sp³-hybridized carbons (Fsp3) is 0.250. The second kappa shape index (κ2) is 9.79. The molecule has 3 rings (SSSR count). The first kappa shape index (κ1) is 19.0. The average Bonchev–Trinajstić information content (AvgIpc) is 2.71. The van der Waals surface area contributed by atoms with Gasteiger partial charge in [0.1, 0.15) is 18.1 Å². The Kier molecular flexibility index (Phi) is 6.89. The summed E-state index contributed by atoms with van der Waals surface area (Å²) >= 11 is 0. The third-order valence-corrected chi connectivity index (χ3v) is 4.63. The van der Waals surface area contributed by atoms with Gasteiger partial charge in [-0.2, -0.15) is 0 Å². The molecule has 0 saturated carbocycles. The molecule has 3 heteroatoms. The smallest absolute Gasteiger partial charge is 0.120 e. The van der Waals surface area contributed by atoms with E-state index in [2.05, 4.69) is 60.8 Å². The molecule has 0 saturated heterocycles. The number of benzene rings is 3. The van der Waals surface area contributed by atoms with Crippen molar-refractivity contribution in [2.45, 2.75) is 26.5 Å². The van der Waals surface area contributed by atoms with Crippen molar-refractivity contribution in [1.82, 2.24) is 5.32 Å². The second-order valence-electron chi connectivity index (χ2n) is 6.64. The first-order chi connectivity index (χ1) is 13.2. The van der Waals surface area contributed by atoms with Gasteiger partial charge in [-0.15, -0.1) is 0 Å². The predicted molar refractivity (Wildman–Crippen MR) is 110 cm³/mol. The molecule has 1 N–H and O–H groups in total. The third kappa shape index (κ3) is 5.87. The van der Waals surface area contributed by atoms with E-state index >= 15 is 0 Å². The fourth-order valence-electron chi connectivity index (χ4n) is 2.94. The normalized spacial score (nSPS) is 10.6. The van der Waals surface area contributed by atoms with Crippen molar-refractivity contribution in [1.29, 1.82) is 0 Å². The van der Waals surface area contributed by atoms with Crippen molar-refractivity contribution in [2.75, 3.05) is 13.7 Å². The van der Waals surface area contributed by atoms with Crippen LogP contribution < -0.4 is 14.8 Å². The number of aryl methyl sites for hydroxylation is 1. The number of hydrogen-bond acceptors (Lipinski definition) is 3. The highest BCUT2D eigenvalue weighted by Gasteiger charge is 2.01. The quantitative estimate of drug-likeness (QED) is 0.549. The monoisotopic (exact) mass is 361 g/mol. The van der Waals surface area contributed by atoms with Gasteiger partial charge >= 0.3 is 0 Å². The molecule has 0 aromatic heterocycles. The van der Waals surface area contributed by atoms with Crippen LogP contribution in [-0.4, -0.2) is 13.7 Å². The molecule has 0 radical (unpaired) electrons. The largest absolute Gasteiger partial charge is 0.497 e. The van der Waals surface area contributed by atoms with Crippen molar-refractivity contribution in [3.8, 4) is 11.5 Å². The standard InChI is InChI=1S/C24H27NO2/c1-19-6-3-4-8-22(19)18-27-24-9-5-7-21(16-24)17-25-15-14-20-10-12-23(26-2)13-11-20/h3-13,16,25H,14-15,17-18H2,1-2H3. The van der Waals surface area contributed by atoms with Gasteiger partial charge in [0.05, 0.1) is 7.11 Å². The van der Waals surface area contributed by atoms with Gasteiger partial charge in [-0.05, 0) is 66.4 Å². The van der Waals surface area contributed by atoms with E-state index in [4.69, 9.17) is 9.47 Å². The van der Waals surface area contributed by atoms with Gasteiger partial charge in [-0.1, -0.05) is 48.5 Å². The van der Waals surface area contributed by atoms with Crippen LogP contribution in [0.4, 0.5) is 0 Å². The maximum Gasteiger partial charge on any atom is 0.120 e. The number of rotatable bonds is 9. The molecule has 0 aliphatic heterocycles. The molecule has 0 aliphatic carbocycles. The molecule has 0 aliphatic rings. The second-order valence-corrected chi connectivity index (χ2v) is 6.64. The molecule has 0 bridgehead atoms. The lowest BCUT2D eigenvalue weighted by atomic mass is 10.1. The topological polar surface area (TPSA) is 30.5 Å². The number of methoxy groups -OCH3 is 1. The molecule has 140 valence electrons. The van der Waals surface area contributed by atoms with Gasteiger partial charge < -0.3 is 14.8 Å². The summed E-state index contributed by atoms with van der Waals surface area (Å²) in [6.07, 6.45) is 0.994. The van der Waals surface area contributed by atoms with Gasteiger partial charge in [0.2, 0.25) is 0 Å². The number of hydrogen-bond donors (Lipinski definition) is 1. The van der Waals surface area contributed by atoms with Gasteiger partial charge in [-0.25, -0.2) is 0 Å². The summed E-state index contributed by atoms with van der Waals surface area (Å²) in [5, 5.41) is 3.50. The Morgan fingerprint density at radius 3 is 2.41 bits per heavy atom. The van der Waals surface area contributed by atoms with Crippen molar-refractivity contribution in [3.05, 3.63) is 95.1 Å². The Bertz CT molecular complexity index is 843. The van der Waals surface area contributed by atoms with Crippen LogP contribution in [0.3, 0.4) is 0 Å². The number of ether oxygens (including phenoxy) is 2. The van der Waals surface area contributed by atoms with Crippen LogP contribution in [0.1, 0.15) is 22.3 Å². The van der Waals surface area contributed by atoms with Crippen molar-refractivity contribution in [2.24, 2.45) is 0 Å². The van der Waals surface area contributed by atoms with Crippen LogP contribution in [0.25, 0.3) is 0 Å². The molecule has 27 heavy (non-hydrogen) atoms. The van der Waals surface area contributed by atoms with Crippen molar-refractivity contribution in [3.63, 3.8) is 0 Å². The van der Waals surface area contributed by atoms with Crippen LogP contribution in [0, 0.1) is 6.92 Å². The van der Waals surface area contributed by atoms with Crippen LogP contribution in [0.5, 0.6) is 11.5 Å². The third-order valence-electron chi connectivity index (χ3n) is 4.63. The maximum atomic E-state index is 5.97. The van der Waals surface area contributed by atoms with Crippen LogP contribution >= 0.6 is 0 Å². The number of nitrogens with one attached hydrogen (secondary N) is 1. The summed E-state index contributed by atoms with van der Waals surface area (Å²) in [6, 6.07) is 24.9. The first-order valence-corrected chi connectivity index (χ1v) is 9.34.